The van der Waals surface area contributed by atoms with Crippen molar-refractivity contribution in [3.63, 3.8) is 0 Å². The highest BCUT2D eigenvalue weighted by molar-refractivity contribution is 6.63. The highest BCUT2D eigenvalue weighted by Gasteiger charge is 1.94. The molecule has 0 radical (unpaired) electrons. The van der Waals surface area contributed by atoms with E-state index in [1.165, 1.54) is 12.8 Å². The summed E-state index contributed by atoms with van der Waals surface area (Å²) in [6.07, 6.45) is 5.97. The molecule has 0 bridgehead atoms. The molecule has 0 aliphatic rings. The molecule has 0 aromatic carbocycles. The number of hydrogen-bond donors (Lipinski definition) is 1. The van der Waals surface area contributed by atoms with Gasteiger partial charge >= 0.3 is 0 Å². The van der Waals surface area contributed by atoms with Gasteiger partial charge in [0.25, 0.3) is 0 Å². The van der Waals surface area contributed by atoms with Crippen LogP contribution in [0.25, 0.3) is 0 Å². The molecule has 0 atom stereocenters. The van der Waals surface area contributed by atoms with Crippen LogP contribution in [0.3, 0.4) is 0 Å². The molecule has 0 saturated heterocycles. The lowest BCUT2D eigenvalue weighted by atomic mass is 10.1. The van der Waals surface area contributed by atoms with E-state index in [2.05, 4.69) is 0 Å². The number of rotatable bonds is 7. The van der Waals surface area contributed by atoms with Crippen LogP contribution >= 0.6 is 11.6 Å². The normalized spacial score (nSPS) is 10.0. The van der Waals surface area contributed by atoms with Crippen LogP contribution in [0.1, 0.15) is 38.5 Å². The van der Waals surface area contributed by atoms with Crippen LogP contribution in [-0.2, 0) is 4.79 Å². The average molecular weight is 178 g/mol. The van der Waals surface area contributed by atoms with Gasteiger partial charge in [-0.1, -0.05) is 19.3 Å². The first-order valence-corrected chi connectivity index (χ1v) is 4.53. The van der Waals surface area contributed by atoms with Gasteiger partial charge in [-0.2, -0.15) is 0 Å². The molecule has 2 N–H and O–H groups in total. The SMILES string of the molecule is NCCCCCCCC(=O)Cl. The Labute approximate surface area is 73.1 Å². The molecule has 0 fully saturated rings. The molecule has 0 saturated carbocycles. The molecule has 0 rings (SSSR count). The zero-order valence-corrected chi connectivity index (χ0v) is 7.57. The number of hydrogen-bond acceptors (Lipinski definition) is 2. The summed E-state index contributed by atoms with van der Waals surface area (Å²) in [4.78, 5) is 10.3. The first kappa shape index (κ1) is 10.9. The third kappa shape index (κ3) is 9.92. The summed E-state index contributed by atoms with van der Waals surface area (Å²) in [6, 6.07) is 0. The minimum Gasteiger partial charge on any atom is -0.330 e. The first-order valence-electron chi connectivity index (χ1n) is 4.15. The second-order valence-electron chi connectivity index (χ2n) is 2.66. The van der Waals surface area contributed by atoms with Gasteiger partial charge in [0.2, 0.25) is 5.24 Å². The zero-order chi connectivity index (χ0) is 8.53. The number of nitrogens with two attached hydrogens (primary N) is 1. The molecule has 3 heteroatoms. The summed E-state index contributed by atoms with van der Waals surface area (Å²) in [5.41, 5.74) is 5.32. The van der Waals surface area contributed by atoms with Crippen molar-refractivity contribution in [3.8, 4) is 0 Å². The Kier molecular flexibility index (Phi) is 7.96. The second kappa shape index (κ2) is 8.02. The Bertz CT molecular complexity index is 106. The fourth-order valence-corrected chi connectivity index (χ4v) is 1.07. The molecule has 11 heavy (non-hydrogen) atoms. The Morgan fingerprint density at radius 2 is 1.64 bits per heavy atom. The molecule has 0 spiro atoms. The summed E-state index contributed by atoms with van der Waals surface area (Å²) in [7, 11) is 0. The monoisotopic (exact) mass is 177 g/mol. The quantitative estimate of drug-likeness (QED) is 0.478. The predicted molar refractivity (Wildman–Crippen MR) is 47.6 cm³/mol. The standard InChI is InChI=1S/C8H16ClNO/c9-8(11)6-4-2-1-3-5-7-10/h1-7,10H2. The average Bonchev–Trinajstić information content (AvgIpc) is 1.96. The molecule has 0 unspecified atom stereocenters. The predicted octanol–water partition coefficient (Wildman–Crippen LogP) is 2.05. The van der Waals surface area contributed by atoms with Gasteiger partial charge in [-0.15, -0.1) is 0 Å². The topological polar surface area (TPSA) is 43.1 Å². The van der Waals surface area contributed by atoms with Crippen molar-refractivity contribution in [3.05, 3.63) is 0 Å². The second-order valence-corrected chi connectivity index (χ2v) is 3.08. The smallest absolute Gasteiger partial charge is 0.221 e. The molecule has 66 valence electrons. The molecule has 0 aromatic heterocycles. The van der Waals surface area contributed by atoms with Gasteiger partial charge in [-0.3, -0.25) is 4.79 Å². The fourth-order valence-electron chi connectivity index (χ4n) is 0.939. The van der Waals surface area contributed by atoms with Crippen LogP contribution in [0.4, 0.5) is 0 Å². The fraction of sp³-hybridized carbons (Fsp3) is 0.875. The van der Waals surface area contributed by atoms with Crippen molar-refractivity contribution in [2.75, 3.05) is 6.54 Å². The van der Waals surface area contributed by atoms with Crippen molar-refractivity contribution in [1.82, 2.24) is 0 Å². The molecule has 0 aliphatic carbocycles. The van der Waals surface area contributed by atoms with Crippen LogP contribution in [0.2, 0.25) is 0 Å². The number of unbranched alkanes of at least 4 members (excludes halogenated alkanes) is 4. The minimum atomic E-state index is -0.219. The summed E-state index contributed by atoms with van der Waals surface area (Å²) in [6.45, 7) is 0.772. The third-order valence-corrected chi connectivity index (χ3v) is 1.77. The lowest BCUT2D eigenvalue weighted by Gasteiger charge is -1.96. The van der Waals surface area contributed by atoms with Gasteiger partial charge in [-0.25, -0.2) is 0 Å². The lowest BCUT2D eigenvalue weighted by molar-refractivity contribution is -0.111. The zero-order valence-electron chi connectivity index (χ0n) is 6.81. The van der Waals surface area contributed by atoms with Crippen LogP contribution < -0.4 is 5.73 Å². The maximum Gasteiger partial charge on any atom is 0.221 e. The number of carbonyl (C=O) groups excluding carboxylic acids is 1. The first-order chi connectivity index (χ1) is 5.27. The Morgan fingerprint density at radius 3 is 2.18 bits per heavy atom. The summed E-state index contributed by atoms with van der Waals surface area (Å²) >= 11 is 5.16. The van der Waals surface area contributed by atoms with Crippen molar-refractivity contribution in [1.29, 1.82) is 0 Å². The van der Waals surface area contributed by atoms with E-state index in [1.54, 1.807) is 0 Å². The van der Waals surface area contributed by atoms with E-state index in [1.807, 2.05) is 0 Å². The van der Waals surface area contributed by atoms with E-state index in [9.17, 15) is 4.79 Å². The molecular weight excluding hydrogens is 162 g/mol. The third-order valence-electron chi connectivity index (χ3n) is 1.58. The van der Waals surface area contributed by atoms with Crippen LogP contribution in [0.15, 0.2) is 0 Å². The molecule has 2 nitrogen and oxygen atoms in total. The summed E-state index contributed by atoms with van der Waals surface area (Å²) < 4.78 is 0. The van der Waals surface area contributed by atoms with E-state index in [4.69, 9.17) is 17.3 Å². The Morgan fingerprint density at radius 1 is 1.09 bits per heavy atom. The Hall–Kier alpha value is -0.0800. The van der Waals surface area contributed by atoms with Gasteiger partial charge in [0, 0.05) is 6.42 Å². The molecular formula is C8H16ClNO. The van der Waals surface area contributed by atoms with Crippen LogP contribution in [0, 0.1) is 0 Å². The molecule has 0 heterocycles. The van der Waals surface area contributed by atoms with Crippen molar-refractivity contribution >= 4 is 16.8 Å². The van der Waals surface area contributed by atoms with E-state index in [0.29, 0.717) is 6.42 Å². The van der Waals surface area contributed by atoms with Gasteiger partial charge in [0.1, 0.15) is 0 Å². The van der Waals surface area contributed by atoms with E-state index < -0.39 is 0 Å². The van der Waals surface area contributed by atoms with Crippen molar-refractivity contribution in [2.24, 2.45) is 5.73 Å². The van der Waals surface area contributed by atoms with Gasteiger partial charge in [0.05, 0.1) is 0 Å². The number of carbonyl (C=O) groups is 1. The highest BCUT2D eigenvalue weighted by Crippen LogP contribution is 2.05. The minimum absolute atomic E-state index is 0.219. The van der Waals surface area contributed by atoms with Gasteiger partial charge < -0.3 is 5.73 Å². The van der Waals surface area contributed by atoms with Crippen LogP contribution in [0.5, 0.6) is 0 Å². The van der Waals surface area contributed by atoms with E-state index in [-0.39, 0.29) is 5.24 Å². The van der Waals surface area contributed by atoms with Gasteiger partial charge in [-0.05, 0) is 31.0 Å². The Balaban J connectivity index is 2.85. The largest absolute Gasteiger partial charge is 0.330 e. The summed E-state index contributed by atoms with van der Waals surface area (Å²) in [5.74, 6) is 0. The van der Waals surface area contributed by atoms with Crippen molar-refractivity contribution in [2.45, 2.75) is 38.5 Å². The van der Waals surface area contributed by atoms with Gasteiger partial charge in [0.15, 0.2) is 0 Å². The summed E-state index contributed by atoms with van der Waals surface area (Å²) in [5, 5.41) is -0.219. The van der Waals surface area contributed by atoms with E-state index in [0.717, 1.165) is 25.8 Å². The molecule has 0 aliphatic heterocycles. The maximum absolute atomic E-state index is 10.3. The number of halogens is 1. The van der Waals surface area contributed by atoms with Crippen molar-refractivity contribution < 1.29 is 4.79 Å². The lowest BCUT2D eigenvalue weighted by Crippen LogP contribution is -1.97. The molecule has 0 aromatic rings. The van der Waals surface area contributed by atoms with Crippen LogP contribution in [-0.4, -0.2) is 11.8 Å². The highest BCUT2D eigenvalue weighted by atomic mass is 35.5. The maximum atomic E-state index is 10.3. The van der Waals surface area contributed by atoms with E-state index >= 15 is 0 Å². The molecule has 0 amide bonds.